The zero-order valence-electron chi connectivity index (χ0n) is 13.3. The molecule has 0 fully saturated rings. The zero-order valence-corrected chi connectivity index (χ0v) is 14.1. The summed E-state index contributed by atoms with van der Waals surface area (Å²) in [6.07, 6.45) is 0. The lowest BCUT2D eigenvalue weighted by atomic mass is 9.94. The topological polar surface area (TPSA) is 60.2 Å². The SMILES string of the molecule is Cc1c(F)cc(-c2ccccc2-c2ccc(S(N)(=O)=O)cc2)cc1F. The lowest BCUT2D eigenvalue weighted by Gasteiger charge is -2.12. The van der Waals surface area contributed by atoms with E-state index in [1.54, 1.807) is 36.4 Å². The summed E-state index contributed by atoms with van der Waals surface area (Å²) < 4.78 is 50.6. The van der Waals surface area contributed by atoms with Gasteiger partial charge in [0.25, 0.3) is 0 Å². The highest BCUT2D eigenvalue weighted by atomic mass is 32.2. The van der Waals surface area contributed by atoms with Crippen LogP contribution in [0.3, 0.4) is 0 Å². The van der Waals surface area contributed by atoms with Crippen molar-refractivity contribution in [1.29, 1.82) is 0 Å². The van der Waals surface area contributed by atoms with E-state index in [9.17, 15) is 17.2 Å². The number of sulfonamides is 1. The van der Waals surface area contributed by atoms with Gasteiger partial charge in [-0.2, -0.15) is 0 Å². The maximum atomic E-state index is 13.9. The van der Waals surface area contributed by atoms with Crippen LogP contribution in [-0.2, 0) is 10.0 Å². The van der Waals surface area contributed by atoms with Crippen molar-refractivity contribution < 1.29 is 17.2 Å². The van der Waals surface area contributed by atoms with Gasteiger partial charge in [0.15, 0.2) is 0 Å². The lowest BCUT2D eigenvalue weighted by molar-refractivity contribution is 0.569. The zero-order chi connectivity index (χ0) is 18.2. The van der Waals surface area contributed by atoms with Crippen molar-refractivity contribution in [2.24, 2.45) is 5.14 Å². The summed E-state index contributed by atoms with van der Waals surface area (Å²) in [5, 5.41) is 5.10. The Kier molecular flexibility index (Phi) is 4.41. The van der Waals surface area contributed by atoms with Gasteiger partial charge in [-0.25, -0.2) is 22.3 Å². The van der Waals surface area contributed by atoms with Gasteiger partial charge >= 0.3 is 0 Å². The highest BCUT2D eigenvalue weighted by Crippen LogP contribution is 2.33. The second-order valence-electron chi connectivity index (χ2n) is 5.68. The van der Waals surface area contributed by atoms with Crippen LogP contribution in [0.2, 0.25) is 0 Å². The third-order valence-electron chi connectivity index (χ3n) is 4.01. The summed E-state index contributed by atoms with van der Waals surface area (Å²) in [5.41, 5.74) is 2.46. The van der Waals surface area contributed by atoms with Gasteiger partial charge in [-0.1, -0.05) is 36.4 Å². The Morgan fingerprint density at radius 3 is 1.76 bits per heavy atom. The molecule has 0 radical (unpaired) electrons. The molecular formula is C19H15F2NO2S. The van der Waals surface area contributed by atoms with Crippen LogP contribution < -0.4 is 5.14 Å². The van der Waals surface area contributed by atoms with Crippen LogP contribution in [0.1, 0.15) is 5.56 Å². The van der Waals surface area contributed by atoms with Crippen molar-refractivity contribution >= 4 is 10.0 Å². The summed E-state index contributed by atoms with van der Waals surface area (Å²) in [4.78, 5) is 0.00107. The smallest absolute Gasteiger partial charge is 0.225 e. The largest absolute Gasteiger partial charge is 0.238 e. The van der Waals surface area contributed by atoms with E-state index in [1.807, 2.05) is 0 Å². The molecule has 3 rings (SSSR count). The highest BCUT2D eigenvalue weighted by Gasteiger charge is 2.13. The molecule has 0 aliphatic heterocycles. The maximum absolute atomic E-state index is 13.9. The number of halogens is 2. The number of primary sulfonamides is 1. The Hall–Kier alpha value is -2.57. The van der Waals surface area contributed by atoms with Gasteiger partial charge in [0.1, 0.15) is 11.6 Å². The molecular weight excluding hydrogens is 344 g/mol. The van der Waals surface area contributed by atoms with E-state index >= 15 is 0 Å². The monoisotopic (exact) mass is 359 g/mol. The number of hydrogen-bond acceptors (Lipinski definition) is 2. The van der Waals surface area contributed by atoms with Crippen LogP contribution in [-0.4, -0.2) is 8.42 Å². The molecule has 0 aliphatic rings. The first-order chi connectivity index (χ1) is 11.8. The molecule has 6 heteroatoms. The van der Waals surface area contributed by atoms with Crippen molar-refractivity contribution in [2.45, 2.75) is 11.8 Å². The lowest BCUT2D eigenvalue weighted by Crippen LogP contribution is -2.11. The summed E-state index contributed by atoms with van der Waals surface area (Å²) in [6.45, 7) is 1.38. The Bertz CT molecular complexity index is 1020. The minimum Gasteiger partial charge on any atom is -0.225 e. The van der Waals surface area contributed by atoms with E-state index in [4.69, 9.17) is 5.14 Å². The van der Waals surface area contributed by atoms with Crippen molar-refractivity contribution in [3.63, 3.8) is 0 Å². The van der Waals surface area contributed by atoms with Crippen LogP contribution in [0.25, 0.3) is 22.3 Å². The maximum Gasteiger partial charge on any atom is 0.238 e. The molecule has 25 heavy (non-hydrogen) atoms. The fourth-order valence-corrected chi connectivity index (χ4v) is 3.13. The van der Waals surface area contributed by atoms with E-state index in [0.29, 0.717) is 16.7 Å². The quantitative estimate of drug-likeness (QED) is 0.760. The Morgan fingerprint density at radius 2 is 1.28 bits per heavy atom. The Morgan fingerprint density at radius 1 is 0.800 bits per heavy atom. The fourth-order valence-electron chi connectivity index (χ4n) is 2.61. The minimum atomic E-state index is -3.78. The molecule has 0 amide bonds. The summed E-state index contributed by atoms with van der Waals surface area (Å²) in [6, 6.07) is 15.7. The first-order valence-electron chi connectivity index (χ1n) is 7.45. The number of nitrogens with two attached hydrogens (primary N) is 1. The summed E-state index contributed by atoms with van der Waals surface area (Å²) in [5.74, 6) is -1.23. The third-order valence-corrected chi connectivity index (χ3v) is 4.94. The normalized spacial score (nSPS) is 11.5. The molecule has 0 bridgehead atoms. The highest BCUT2D eigenvalue weighted by molar-refractivity contribution is 7.89. The van der Waals surface area contributed by atoms with Crippen LogP contribution in [0, 0.1) is 18.6 Å². The van der Waals surface area contributed by atoms with Crippen LogP contribution in [0.15, 0.2) is 65.6 Å². The predicted octanol–water partition coefficient (Wildman–Crippen LogP) is 4.25. The molecule has 0 heterocycles. The predicted molar refractivity (Wildman–Crippen MR) is 93.3 cm³/mol. The molecule has 0 aromatic heterocycles. The van der Waals surface area contributed by atoms with E-state index in [1.165, 1.54) is 31.2 Å². The van der Waals surface area contributed by atoms with Gasteiger partial charge in [-0.3, -0.25) is 0 Å². The molecule has 3 nitrogen and oxygen atoms in total. The van der Waals surface area contributed by atoms with Crippen molar-refractivity contribution in [3.8, 4) is 22.3 Å². The van der Waals surface area contributed by atoms with Gasteiger partial charge in [0.05, 0.1) is 4.90 Å². The Labute approximate surface area is 144 Å². The number of benzene rings is 3. The first kappa shape index (κ1) is 17.3. The van der Waals surface area contributed by atoms with Gasteiger partial charge in [-0.05, 0) is 53.4 Å². The van der Waals surface area contributed by atoms with E-state index < -0.39 is 21.7 Å². The number of hydrogen-bond donors (Lipinski definition) is 1. The van der Waals surface area contributed by atoms with Crippen molar-refractivity contribution in [3.05, 3.63) is 77.9 Å². The molecule has 0 saturated heterocycles. The van der Waals surface area contributed by atoms with Crippen molar-refractivity contribution in [2.75, 3.05) is 0 Å². The van der Waals surface area contributed by atoms with Crippen LogP contribution in [0.4, 0.5) is 8.78 Å². The first-order valence-corrected chi connectivity index (χ1v) is 9.00. The van der Waals surface area contributed by atoms with E-state index in [2.05, 4.69) is 0 Å². The molecule has 2 N–H and O–H groups in total. The second kappa shape index (κ2) is 6.38. The van der Waals surface area contributed by atoms with E-state index in [0.717, 1.165) is 5.56 Å². The van der Waals surface area contributed by atoms with Crippen LogP contribution in [0.5, 0.6) is 0 Å². The molecule has 3 aromatic carbocycles. The molecule has 0 aliphatic carbocycles. The molecule has 0 spiro atoms. The van der Waals surface area contributed by atoms with Crippen molar-refractivity contribution in [1.82, 2.24) is 0 Å². The van der Waals surface area contributed by atoms with Gasteiger partial charge in [-0.15, -0.1) is 0 Å². The second-order valence-corrected chi connectivity index (χ2v) is 7.24. The minimum absolute atomic E-state index is 0.00107. The molecule has 3 aromatic rings. The molecule has 0 atom stereocenters. The average molecular weight is 359 g/mol. The van der Waals surface area contributed by atoms with Gasteiger partial charge in [0, 0.05) is 5.56 Å². The van der Waals surface area contributed by atoms with E-state index in [-0.39, 0.29) is 10.5 Å². The van der Waals surface area contributed by atoms with Gasteiger partial charge < -0.3 is 0 Å². The third kappa shape index (κ3) is 3.45. The average Bonchev–Trinajstić information content (AvgIpc) is 2.58. The standard InChI is InChI=1S/C19H15F2NO2S/c1-12-18(20)10-14(11-19(12)21)17-5-3-2-4-16(17)13-6-8-15(9-7-13)25(22,23)24/h2-11H,1H3,(H2,22,23,24). The van der Waals surface area contributed by atoms with Crippen LogP contribution >= 0.6 is 0 Å². The summed E-state index contributed by atoms with van der Waals surface area (Å²) >= 11 is 0. The Balaban J connectivity index is 2.14. The molecule has 0 saturated carbocycles. The molecule has 0 unspecified atom stereocenters. The summed E-state index contributed by atoms with van der Waals surface area (Å²) in [7, 11) is -3.78. The van der Waals surface area contributed by atoms with Gasteiger partial charge in [0.2, 0.25) is 10.0 Å². The fraction of sp³-hybridized carbons (Fsp3) is 0.0526. The molecule has 128 valence electrons. The number of rotatable bonds is 3.